The molecule has 30 heavy (non-hydrogen) atoms. The molecule has 0 aliphatic carbocycles. The molecule has 1 aromatic carbocycles. The van der Waals surface area contributed by atoms with Gasteiger partial charge in [-0.15, -0.1) is 0 Å². The van der Waals surface area contributed by atoms with Gasteiger partial charge >= 0.3 is 0 Å². The molecule has 2 heterocycles. The van der Waals surface area contributed by atoms with Crippen LogP contribution in [0.1, 0.15) is 12.8 Å². The van der Waals surface area contributed by atoms with Gasteiger partial charge in [-0.2, -0.15) is 0 Å². The third-order valence-electron chi connectivity index (χ3n) is 5.30. The van der Waals surface area contributed by atoms with Gasteiger partial charge in [0, 0.05) is 38.7 Å². The van der Waals surface area contributed by atoms with Gasteiger partial charge in [-0.05, 0) is 18.4 Å². The van der Waals surface area contributed by atoms with Crippen molar-refractivity contribution in [3.05, 3.63) is 34.4 Å². The quantitative estimate of drug-likeness (QED) is 0.454. The van der Waals surface area contributed by atoms with Crippen molar-refractivity contribution in [2.24, 2.45) is 5.92 Å². The number of anilines is 1. The molecule has 11 nitrogen and oxygen atoms in total. The molecule has 2 aliphatic heterocycles. The Hall–Kier alpha value is -2.73. The summed E-state index contributed by atoms with van der Waals surface area (Å²) < 4.78 is 22.9. The van der Waals surface area contributed by atoms with Gasteiger partial charge in [0.05, 0.1) is 23.0 Å². The summed E-state index contributed by atoms with van der Waals surface area (Å²) >= 11 is 0. The van der Waals surface area contributed by atoms with Crippen LogP contribution in [0.2, 0.25) is 0 Å². The van der Waals surface area contributed by atoms with Crippen molar-refractivity contribution in [3.63, 3.8) is 0 Å². The van der Waals surface area contributed by atoms with Gasteiger partial charge in [0.1, 0.15) is 5.69 Å². The summed E-state index contributed by atoms with van der Waals surface area (Å²) in [5, 5.41) is 11.2. The number of nitro benzene ring substituents is 1. The number of nitro groups is 1. The number of hydrazine groups is 1. The van der Waals surface area contributed by atoms with E-state index in [1.807, 2.05) is 9.80 Å². The van der Waals surface area contributed by atoms with E-state index in [-0.39, 0.29) is 42.0 Å². The molecule has 2 amide bonds. The summed E-state index contributed by atoms with van der Waals surface area (Å²) in [5.74, 6) is -0.872. The molecule has 164 valence electrons. The highest BCUT2D eigenvalue weighted by Crippen LogP contribution is 2.28. The van der Waals surface area contributed by atoms with Crippen LogP contribution in [0, 0.1) is 16.0 Å². The van der Waals surface area contributed by atoms with E-state index in [1.54, 1.807) is 18.2 Å². The maximum atomic E-state index is 12.1. The Balaban J connectivity index is 1.39. The van der Waals surface area contributed by atoms with Gasteiger partial charge in [0.25, 0.3) is 11.6 Å². The molecule has 12 heteroatoms. The molecule has 2 fully saturated rings. The van der Waals surface area contributed by atoms with Crippen LogP contribution in [-0.2, 0) is 19.4 Å². The number of carbonyl (C=O) groups is 2. The number of amides is 2. The number of rotatable bonds is 6. The molecule has 1 unspecified atom stereocenters. The lowest BCUT2D eigenvalue weighted by atomic mass is 10.1. The molecule has 2 N–H and O–H groups in total. The summed E-state index contributed by atoms with van der Waals surface area (Å²) in [6, 6.07) is 6.57. The lowest BCUT2D eigenvalue weighted by Crippen LogP contribution is -2.52. The second kappa shape index (κ2) is 9.39. The average molecular weight is 439 g/mol. The number of hydrogen-bond donors (Lipinski definition) is 2. The van der Waals surface area contributed by atoms with Gasteiger partial charge in [0.15, 0.2) is 9.84 Å². The summed E-state index contributed by atoms with van der Waals surface area (Å²) in [4.78, 5) is 38.6. The van der Waals surface area contributed by atoms with E-state index in [0.29, 0.717) is 38.3 Å². The molecule has 1 atom stereocenters. The van der Waals surface area contributed by atoms with Gasteiger partial charge in [0.2, 0.25) is 5.91 Å². The molecule has 0 bridgehead atoms. The van der Waals surface area contributed by atoms with Crippen LogP contribution in [-0.4, -0.2) is 74.3 Å². The predicted octanol–water partition coefficient (Wildman–Crippen LogP) is -0.311. The first-order chi connectivity index (χ1) is 14.2. The lowest BCUT2D eigenvalue weighted by molar-refractivity contribution is -0.384. The first kappa shape index (κ1) is 22.0. The molecule has 0 radical (unpaired) electrons. The third-order valence-corrected chi connectivity index (χ3v) is 7.14. The average Bonchev–Trinajstić information content (AvgIpc) is 3.05. The molecule has 2 aliphatic rings. The lowest BCUT2D eigenvalue weighted by Gasteiger charge is -2.35. The van der Waals surface area contributed by atoms with Crippen molar-refractivity contribution in [1.29, 1.82) is 0 Å². The maximum absolute atomic E-state index is 12.1. The van der Waals surface area contributed by atoms with E-state index in [1.165, 1.54) is 6.07 Å². The van der Waals surface area contributed by atoms with Crippen molar-refractivity contribution < 1.29 is 22.9 Å². The van der Waals surface area contributed by atoms with E-state index in [2.05, 4.69) is 10.9 Å². The zero-order valence-corrected chi connectivity index (χ0v) is 17.3. The number of nitrogens with one attached hydrogen (secondary N) is 2. The molecular weight excluding hydrogens is 414 g/mol. The van der Waals surface area contributed by atoms with Crippen LogP contribution in [0.15, 0.2) is 24.3 Å². The molecule has 0 aromatic heterocycles. The van der Waals surface area contributed by atoms with Gasteiger partial charge < -0.3 is 4.90 Å². The number of benzene rings is 1. The van der Waals surface area contributed by atoms with Crippen LogP contribution in [0.4, 0.5) is 11.4 Å². The van der Waals surface area contributed by atoms with Gasteiger partial charge in [-0.3, -0.25) is 35.5 Å². The Morgan fingerprint density at radius 2 is 1.77 bits per heavy atom. The molecule has 2 saturated heterocycles. The van der Waals surface area contributed by atoms with Crippen molar-refractivity contribution >= 4 is 33.0 Å². The van der Waals surface area contributed by atoms with E-state index in [9.17, 15) is 28.1 Å². The summed E-state index contributed by atoms with van der Waals surface area (Å²) in [7, 11) is -3.04. The smallest absolute Gasteiger partial charge is 0.292 e. The summed E-state index contributed by atoms with van der Waals surface area (Å²) in [5.41, 5.74) is 5.31. The van der Waals surface area contributed by atoms with Crippen molar-refractivity contribution in [2.45, 2.75) is 12.8 Å². The minimum Gasteiger partial charge on any atom is -0.363 e. The number of hydrogen-bond acceptors (Lipinski definition) is 8. The van der Waals surface area contributed by atoms with Crippen LogP contribution >= 0.6 is 0 Å². The van der Waals surface area contributed by atoms with Crippen molar-refractivity contribution in [3.8, 4) is 0 Å². The highest BCUT2D eigenvalue weighted by atomic mass is 32.2. The van der Waals surface area contributed by atoms with Crippen LogP contribution in [0.5, 0.6) is 0 Å². The topological polar surface area (TPSA) is 142 Å². The zero-order valence-electron chi connectivity index (χ0n) is 16.5. The Morgan fingerprint density at radius 3 is 2.40 bits per heavy atom. The standard InChI is InChI=1S/C18H25N5O6S/c24-17(11-14-5-10-30(28,29)13-14)19-20-18(25)12-21-6-8-22(9-7-21)15-3-1-2-4-16(15)23(26)27/h1-4,14H,5-13H2,(H,19,24)(H,20,25). The minimum atomic E-state index is -3.04. The molecule has 1 aromatic rings. The Morgan fingerprint density at radius 1 is 1.10 bits per heavy atom. The van der Waals surface area contributed by atoms with Gasteiger partial charge in [-0.1, -0.05) is 12.1 Å². The fourth-order valence-corrected chi connectivity index (χ4v) is 5.62. The molecule has 0 saturated carbocycles. The number of para-hydroxylation sites is 2. The number of carbonyl (C=O) groups excluding carboxylic acids is 2. The number of nitrogens with zero attached hydrogens (tertiary/aromatic N) is 3. The Labute approximate surface area is 174 Å². The monoisotopic (exact) mass is 439 g/mol. The number of piperazine rings is 1. The van der Waals surface area contributed by atoms with E-state index < -0.39 is 20.7 Å². The van der Waals surface area contributed by atoms with Crippen LogP contribution < -0.4 is 15.8 Å². The number of sulfone groups is 1. The highest BCUT2D eigenvalue weighted by molar-refractivity contribution is 7.91. The fourth-order valence-electron chi connectivity index (χ4n) is 3.76. The third kappa shape index (κ3) is 5.89. The zero-order chi connectivity index (χ0) is 21.7. The SMILES string of the molecule is O=C(CC1CCS(=O)(=O)C1)NNC(=O)CN1CCN(c2ccccc2[N+](=O)[O-])CC1. The molecule has 3 rings (SSSR count). The first-order valence-corrected chi connectivity index (χ1v) is 11.5. The summed E-state index contributed by atoms with van der Waals surface area (Å²) in [6.45, 7) is 2.27. The van der Waals surface area contributed by atoms with Gasteiger partial charge in [-0.25, -0.2) is 8.42 Å². The normalized spacial score (nSPS) is 21.2. The summed E-state index contributed by atoms with van der Waals surface area (Å²) in [6.07, 6.45) is 0.529. The van der Waals surface area contributed by atoms with Crippen molar-refractivity contribution in [1.82, 2.24) is 15.8 Å². The van der Waals surface area contributed by atoms with Crippen LogP contribution in [0.3, 0.4) is 0 Å². The second-order valence-electron chi connectivity index (χ2n) is 7.58. The van der Waals surface area contributed by atoms with Crippen molar-refractivity contribution in [2.75, 3.05) is 49.1 Å². The largest absolute Gasteiger partial charge is 0.363 e. The van der Waals surface area contributed by atoms with Crippen LogP contribution in [0.25, 0.3) is 0 Å². The van der Waals surface area contributed by atoms with E-state index in [0.717, 1.165) is 0 Å². The highest BCUT2D eigenvalue weighted by Gasteiger charge is 2.29. The Kier molecular flexibility index (Phi) is 6.87. The molecule has 0 spiro atoms. The maximum Gasteiger partial charge on any atom is 0.292 e. The van der Waals surface area contributed by atoms with E-state index >= 15 is 0 Å². The fraction of sp³-hybridized carbons (Fsp3) is 0.556. The van der Waals surface area contributed by atoms with E-state index in [4.69, 9.17) is 0 Å². The Bertz CT molecular complexity index is 913. The first-order valence-electron chi connectivity index (χ1n) is 9.72. The molecular formula is C18H25N5O6S. The minimum absolute atomic E-state index is 0.0121. The predicted molar refractivity (Wildman–Crippen MR) is 109 cm³/mol. The second-order valence-corrected chi connectivity index (χ2v) is 9.81.